The fraction of sp³-hybridized carbons (Fsp3) is 0.650. The summed E-state index contributed by atoms with van der Waals surface area (Å²) in [5.41, 5.74) is 0.924. The van der Waals surface area contributed by atoms with Gasteiger partial charge in [-0.2, -0.15) is 4.31 Å². The first kappa shape index (κ1) is 18.9. The van der Waals surface area contributed by atoms with Gasteiger partial charge >= 0.3 is 0 Å². The molecule has 1 saturated carbocycles. The fourth-order valence-corrected chi connectivity index (χ4v) is 6.18. The molecule has 2 atom stereocenters. The van der Waals surface area contributed by atoms with Crippen LogP contribution in [0.15, 0.2) is 29.2 Å². The van der Waals surface area contributed by atoms with Gasteiger partial charge in [-0.1, -0.05) is 25.0 Å². The molecule has 6 nitrogen and oxygen atoms in total. The lowest BCUT2D eigenvalue weighted by atomic mass is 10.0. The van der Waals surface area contributed by atoms with Crippen LogP contribution in [0.1, 0.15) is 37.7 Å². The minimum atomic E-state index is -3.53. The third-order valence-electron chi connectivity index (χ3n) is 5.97. The molecule has 1 amide bonds. The second-order valence-electron chi connectivity index (χ2n) is 8.17. The summed E-state index contributed by atoms with van der Waals surface area (Å²) < 4.78 is 33.5. The van der Waals surface area contributed by atoms with E-state index in [9.17, 15) is 13.2 Å². The normalized spacial score (nSPS) is 27.1. The third-order valence-corrected chi connectivity index (χ3v) is 7.79. The Morgan fingerprint density at radius 3 is 2.41 bits per heavy atom. The highest BCUT2D eigenvalue weighted by Gasteiger charge is 2.41. The molecule has 0 radical (unpaired) electrons. The van der Waals surface area contributed by atoms with Crippen molar-refractivity contribution in [3.8, 4) is 0 Å². The first-order valence-corrected chi connectivity index (χ1v) is 11.4. The van der Waals surface area contributed by atoms with Gasteiger partial charge in [0.2, 0.25) is 15.9 Å². The fourth-order valence-electron chi connectivity index (χ4n) is 4.57. The third kappa shape index (κ3) is 4.05. The Balaban J connectivity index is 1.42. The number of hydrogen-bond acceptors (Lipinski definition) is 4. The molecular weight excluding hydrogens is 364 g/mol. The second kappa shape index (κ2) is 7.53. The summed E-state index contributed by atoms with van der Waals surface area (Å²) in [6.45, 7) is 3.48. The highest BCUT2D eigenvalue weighted by Crippen LogP contribution is 2.30. The van der Waals surface area contributed by atoms with E-state index in [4.69, 9.17) is 4.74 Å². The second-order valence-corrected chi connectivity index (χ2v) is 10.1. The minimum absolute atomic E-state index is 0.204. The molecule has 2 saturated heterocycles. The van der Waals surface area contributed by atoms with Gasteiger partial charge in [0.25, 0.3) is 0 Å². The predicted octanol–water partition coefficient (Wildman–Crippen LogP) is 2.18. The summed E-state index contributed by atoms with van der Waals surface area (Å²) in [5, 5.41) is 0. The summed E-state index contributed by atoms with van der Waals surface area (Å²) in [6, 6.07) is 7.01. The van der Waals surface area contributed by atoms with Crippen molar-refractivity contribution in [2.75, 3.05) is 26.2 Å². The number of sulfonamides is 1. The van der Waals surface area contributed by atoms with E-state index in [2.05, 4.69) is 0 Å². The van der Waals surface area contributed by atoms with E-state index in [0.717, 1.165) is 18.4 Å². The smallest absolute Gasteiger partial charge is 0.243 e. The molecule has 0 spiro atoms. The number of hydrogen-bond donors (Lipinski definition) is 0. The van der Waals surface area contributed by atoms with E-state index in [0.29, 0.717) is 43.4 Å². The van der Waals surface area contributed by atoms with Crippen molar-refractivity contribution in [3.05, 3.63) is 29.8 Å². The van der Waals surface area contributed by atoms with Gasteiger partial charge in [-0.15, -0.1) is 0 Å². The summed E-state index contributed by atoms with van der Waals surface area (Å²) in [4.78, 5) is 14.9. The molecule has 2 aliphatic heterocycles. The Hall–Kier alpha value is -1.44. The van der Waals surface area contributed by atoms with Gasteiger partial charge in [0.15, 0.2) is 0 Å². The van der Waals surface area contributed by atoms with Gasteiger partial charge in [-0.25, -0.2) is 8.42 Å². The van der Waals surface area contributed by atoms with Crippen LogP contribution in [0.2, 0.25) is 0 Å². The number of fused-ring (bicyclic) bond motifs is 2. The zero-order chi connectivity index (χ0) is 19.0. The van der Waals surface area contributed by atoms with Crippen LogP contribution >= 0.6 is 0 Å². The van der Waals surface area contributed by atoms with Crippen LogP contribution in [0.5, 0.6) is 0 Å². The lowest BCUT2D eigenvalue weighted by molar-refractivity contribution is -0.155. The van der Waals surface area contributed by atoms with Crippen molar-refractivity contribution >= 4 is 15.9 Å². The van der Waals surface area contributed by atoms with Crippen LogP contribution in [-0.2, 0) is 19.6 Å². The average molecular weight is 393 g/mol. The number of carbonyl (C=O) groups excluding carboxylic acids is 1. The van der Waals surface area contributed by atoms with Crippen molar-refractivity contribution < 1.29 is 17.9 Å². The van der Waals surface area contributed by atoms with Crippen molar-refractivity contribution in [3.63, 3.8) is 0 Å². The average Bonchev–Trinajstić information content (AvgIpc) is 3.13. The molecule has 0 aromatic heterocycles. The number of ether oxygens (including phenoxy) is 1. The standard InChI is InChI=1S/C20H28N2O4S/c1-15-5-4-8-19(9-15)27(24,25)22-13-17-11-21(12-18(14-22)26-17)20(23)10-16-6-2-3-7-16/h4-5,8-9,16-18H,2-3,6-7,10-14H2,1H3. The monoisotopic (exact) mass is 392 g/mol. The number of nitrogens with zero attached hydrogens (tertiary/aromatic N) is 2. The molecule has 2 bridgehead atoms. The molecule has 1 aromatic rings. The molecule has 3 fully saturated rings. The maximum atomic E-state index is 13.0. The van der Waals surface area contributed by atoms with Crippen molar-refractivity contribution in [1.29, 1.82) is 0 Å². The summed E-state index contributed by atoms with van der Waals surface area (Å²) in [7, 11) is -3.53. The molecule has 148 valence electrons. The first-order valence-electron chi connectivity index (χ1n) is 9.92. The van der Waals surface area contributed by atoms with Crippen LogP contribution in [0.3, 0.4) is 0 Å². The molecule has 1 aromatic carbocycles. The molecule has 0 N–H and O–H groups in total. The maximum absolute atomic E-state index is 13.0. The summed E-state index contributed by atoms with van der Waals surface area (Å²) in [5.74, 6) is 0.730. The zero-order valence-corrected chi connectivity index (χ0v) is 16.7. The van der Waals surface area contributed by atoms with E-state index in [1.165, 1.54) is 17.1 Å². The largest absolute Gasteiger partial charge is 0.369 e. The van der Waals surface area contributed by atoms with E-state index < -0.39 is 10.0 Å². The van der Waals surface area contributed by atoms with Gasteiger partial charge in [-0.05, 0) is 43.4 Å². The van der Waals surface area contributed by atoms with Crippen LogP contribution < -0.4 is 0 Å². The topological polar surface area (TPSA) is 66.9 Å². The molecule has 4 rings (SSSR count). The predicted molar refractivity (Wildman–Crippen MR) is 102 cm³/mol. The van der Waals surface area contributed by atoms with E-state index in [1.807, 2.05) is 17.9 Å². The Kier molecular flexibility index (Phi) is 5.27. The number of carbonyl (C=O) groups is 1. The van der Waals surface area contributed by atoms with Gasteiger partial charge in [0, 0.05) is 32.6 Å². The van der Waals surface area contributed by atoms with Crippen molar-refractivity contribution in [2.24, 2.45) is 5.92 Å². The molecule has 2 heterocycles. The lowest BCUT2D eigenvalue weighted by Crippen LogP contribution is -2.61. The minimum Gasteiger partial charge on any atom is -0.369 e. The van der Waals surface area contributed by atoms with E-state index in [-0.39, 0.29) is 18.1 Å². The van der Waals surface area contributed by atoms with Gasteiger partial charge in [0.05, 0.1) is 17.1 Å². The van der Waals surface area contributed by atoms with Crippen LogP contribution in [0.25, 0.3) is 0 Å². The highest BCUT2D eigenvalue weighted by molar-refractivity contribution is 7.89. The van der Waals surface area contributed by atoms with Crippen LogP contribution in [0, 0.1) is 12.8 Å². The SMILES string of the molecule is Cc1cccc(S(=O)(=O)N2CC3CN(C(=O)CC4CCCC4)CC(C2)O3)c1. The zero-order valence-electron chi connectivity index (χ0n) is 15.8. The quantitative estimate of drug-likeness (QED) is 0.788. The van der Waals surface area contributed by atoms with Crippen LogP contribution in [0.4, 0.5) is 0 Å². The Morgan fingerprint density at radius 2 is 1.78 bits per heavy atom. The molecule has 2 unspecified atom stereocenters. The Labute approximate surface area is 161 Å². The summed E-state index contributed by atoms with van der Waals surface area (Å²) >= 11 is 0. The Bertz CT molecular complexity index is 790. The van der Waals surface area contributed by atoms with E-state index in [1.54, 1.807) is 18.2 Å². The first-order chi connectivity index (χ1) is 12.9. The molecular formula is C20H28N2O4S. The number of rotatable bonds is 4. The van der Waals surface area contributed by atoms with Crippen molar-refractivity contribution in [2.45, 2.75) is 56.1 Å². The highest BCUT2D eigenvalue weighted by atomic mass is 32.2. The number of amides is 1. The Morgan fingerprint density at radius 1 is 1.11 bits per heavy atom. The van der Waals surface area contributed by atoms with E-state index >= 15 is 0 Å². The molecule has 27 heavy (non-hydrogen) atoms. The lowest BCUT2D eigenvalue weighted by Gasteiger charge is -2.45. The molecule has 3 aliphatic rings. The van der Waals surface area contributed by atoms with Gasteiger partial charge in [-0.3, -0.25) is 4.79 Å². The molecule has 7 heteroatoms. The maximum Gasteiger partial charge on any atom is 0.243 e. The number of morpholine rings is 2. The van der Waals surface area contributed by atoms with Gasteiger partial charge < -0.3 is 9.64 Å². The van der Waals surface area contributed by atoms with Gasteiger partial charge in [0.1, 0.15) is 0 Å². The number of aryl methyl sites for hydroxylation is 1. The van der Waals surface area contributed by atoms with Crippen molar-refractivity contribution in [1.82, 2.24) is 9.21 Å². The molecule has 1 aliphatic carbocycles. The summed E-state index contributed by atoms with van der Waals surface area (Å²) in [6.07, 6.45) is 4.92. The number of benzene rings is 1. The van der Waals surface area contributed by atoms with Crippen LogP contribution in [-0.4, -0.2) is 61.9 Å².